The lowest BCUT2D eigenvalue weighted by atomic mass is 10.4. The molecule has 0 bridgehead atoms. The van der Waals surface area contributed by atoms with Crippen LogP contribution in [0.3, 0.4) is 0 Å². The third-order valence-corrected chi connectivity index (χ3v) is 0.883. The monoisotopic (exact) mass is 228 g/mol. The second kappa shape index (κ2) is 9.38. The van der Waals surface area contributed by atoms with Crippen LogP contribution in [-0.4, -0.2) is 25.8 Å². The molecule has 0 radical (unpaired) electrons. The van der Waals surface area contributed by atoms with Crippen LogP contribution in [-0.2, 0) is 0 Å². The Morgan fingerprint density at radius 3 is 2.00 bits per heavy atom. The van der Waals surface area contributed by atoms with Gasteiger partial charge >= 0.3 is 6.18 Å². The number of halogens is 5. The molecule has 0 aromatic heterocycles. The molecule has 0 saturated heterocycles. The minimum Gasteiger partial charge on any atom is -0.330 e. The highest BCUT2D eigenvalue weighted by atomic mass is 35.5. The highest BCUT2D eigenvalue weighted by Gasteiger charge is 2.25. The molecule has 0 fully saturated rings. The maximum atomic E-state index is 11.4. The Kier molecular flexibility index (Phi) is 14.2. The third kappa shape index (κ3) is 16.7. The van der Waals surface area contributed by atoms with Crippen LogP contribution in [0.2, 0.25) is 0 Å². The van der Waals surface area contributed by atoms with Crippen molar-refractivity contribution < 1.29 is 13.2 Å². The van der Waals surface area contributed by atoms with E-state index in [0.29, 0.717) is 19.5 Å². The van der Waals surface area contributed by atoms with Crippen molar-refractivity contribution in [2.24, 2.45) is 5.73 Å². The molecule has 0 aliphatic heterocycles. The number of alkyl halides is 3. The quantitative estimate of drug-likeness (QED) is 0.713. The number of nitrogens with two attached hydrogens (primary N) is 1. The molecule has 12 heavy (non-hydrogen) atoms. The molecule has 0 aliphatic carbocycles. The summed E-state index contributed by atoms with van der Waals surface area (Å²) in [5.41, 5.74) is 5.06. The molecule has 7 heteroatoms. The fraction of sp³-hybridized carbons (Fsp3) is 1.00. The molecule has 3 N–H and O–H groups in total. The van der Waals surface area contributed by atoms with Gasteiger partial charge in [-0.2, -0.15) is 13.2 Å². The summed E-state index contributed by atoms with van der Waals surface area (Å²) in [4.78, 5) is 0. The maximum absolute atomic E-state index is 11.4. The molecule has 0 aromatic rings. The van der Waals surface area contributed by atoms with Gasteiger partial charge in [0.15, 0.2) is 0 Å². The lowest BCUT2D eigenvalue weighted by molar-refractivity contribution is -0.124. The lowest BCUT2D eigenvalue weighted by Crippen LogP contribution is -2.30. The smallest absolute Gasteiger partial charge is 0.330 e. The van der Waals surface area contributed by atoms with Crippen molar-refractivity contribution in [1.29, 1.82) is 0 Å². The summed E-state index contributed by atoms with van der Waals surface area (Å²) in [5.74, 6) is 0. The van der Waals surface area contributed by atoms with E-state index in [9.17, 15) is 13.2 Å². The molecular formula is C5H13Cl2F3N2. The van der Waals surface area contributed by atoms with Crippen molar-refractivity contribution in [3.63, 3.8) is 0 Å². The molecular weight excluding hydrogens is 216 g/mol. The van der Waals surface area contributed by atoms with Gasteiger partial charge in [0, 0.05) is 0 Å². The van der Waals surface area contributed by atoms with Gasteiger partial charge in [-0.25, -0.2) is 0 Å². The summed E-state index contributed by atoms with van der Waals surface area (Å²) in [6, 6.07) is 0. The van der Waals surface area contributed by atoms with Gasteiger partial charge in [-0.3, -0.25) is 0 Å². The van der Waals surface area contributed by atoms with Crippen LogP contribution in [0, 0.1) is 0 Å². The topological polar surface area (TPSA) is 38.0 Å². The molecule has 0 aliphatic rings. The van der Waals surface area contributed by atoms with Crippen LogP contribution in [0.25, 0.3) is 0 Å². The number of hydrogen-bond donors (Lipinski definition) is 2. The van der Waals surface area contributed by atoms with E-state index in [-0.39, 0.29) is 24.8 Å². The van der Waals surface area contributed by atoms with E-state index in [1.54, 1.807) is 0 Å². The molecule has 0 aromatic carbocycles. The van der Waals surface area contributed by atoms with Crippen LogP contribution in [0.5, 0.6) is 0 Å². The van der Waals surface area contributed by atoms with Gasteiger partial charge in [0.1, 0.15) is 0 Å². The van der Waals surface area contributed by atoms with E-state index in [1.807, 2.05) is 0 Å². The Morgan fingerprint density at radius 1 is 1.17 bits per heavy atom. The Bertz CT molecular complexity index is 89.3. The van der Waals surface area contributed by atoms with Crippen molar-refractivity contribution in [1.82, 2.24) is 5.32 Å². The first-order valence-corrected chi connectivity index (χ1v) is 3.04. The summed E-state index contributed by atoms with van der Waals surface area (Å²) in [6.07, 6.45) is -3.52. The summed E-state index contributed by atoms with van der Waals surface area (Å²) in [7, 11) is 0. The molecule has 78 valence electrons. The zero-order valence-electron chi connectivity index (χ0n) is 6.36. The molecule has 0 heterocycles. The van der Waals surface area contributed by atoms with Gasteiger partial charge in [0.05, 0.1) is 6.54 Å². The van der Waals surface area contributed by atoms with Gasteiger partial charge in [-0.1, -0.05) is 0 Å². The fourth-order valence-corrected chi connectivity index (χ4v) is 0.457. The summed E-state index contributed by atoms with van der Waals surface area (Å²) >= 11 is 0. The molecule has 0 spiro atoms. The van der Waals surface area contributed by atoms with Gasteiger partial charge in [-0.05, 0) is 19.5 Å². The van der Waals surface area contributed by atoms with E-state index in [2.05, 4.69) is 5.32 Å². The lowest BCUT2D eigenvalue weighted by Gasteiger charge is -2.06. The van der Waals surface area contributed by atoms with E-state index < -0.39 is 12.7 Å². The SMILES string of the molecule is Cl.Cl.NCCCNCC(F)(F)F. The van der Waals surface area contributed by atoms with E-state index in [1.165, 1.54) is 0 Å². The van der Waals surface area contributed by atoms with Crippen LogP contribution in [0.15, 0.2) is 0 Å². The Hall–Kier alpha value is 0.290. The van der Waals surface area contributed by atoms with Crippen LogP contribution < -0.4 is 11.1 Å². The Balaban J connectivity index is -0.000000405. The minimum atomic E-state index is -4.10. The van der Waals surface area contributed by atoms with Crippen molar-refractivity contribution in [2.45, 2.75) is 12.6 Å². The average Bonchev–Trinajstić information content (AvgIpc) is 1.78. The van der Waals surface area contributed by atoms with Gasteiger partial charge in [0.2, 0.25) is 0 Å². The van der Waals surface area contributed by atoms with Crippen molar-refractivity contribution in [3.05, 3.63) is 0 Å². The number of rotatable bonds is 4. The largest absolute Gasteiger partial charge is 0.401 e. The first-order valence-electron chi connectivity index (χ1n) is 3.04. The Morgan fingerprint density at radius 2 is 1.67 bits per heavy atom. The summed E-state index contributed by atoms with van der Waals surface area (Å²) in [5, 5.41) is 2.22. The normalized spacial score (nSPS) is 10.0. The second-order valence-corrected chi connectivity index (χ2v) is 1.93. The Labute approximate surface area is 81.9 Å². The van der Waals surface area contributed by atoms with Crippen LogP contribution >= 0.6 is 24.8 Å². The van der Waals surface area contributed by atoms with E-state index in [4.69, 9.17) is 5.73 Å². The second-order valence-electron chi connectivity index (χ2n) is 1.93. The zero-order valence-corrected chi connectivity index (χ0v) is 7.99. The van der Waals surface area contributed by atoms with Crippen molar-refractivity contribution >= 4 is 24.8 Å². The van der Waals surface area contributed by atoms with Crippen molar-refractivity contribution in [3.8, 4) is 0 Å². The van der Waals surface area contributed by atoms with Gasteiger partial charge in [0.25, 0.3) is 0 Å². The van der Waals surface area contributed by atoms with Gasteiger partial charge in [-0.15, -0.1) is 24.8 Å². The predicted molar refractivity (Wildman–Crippen MR) is 47.1 cm³/mol. The fourth-order valence-electron chi connectivity index (χ4n) is 0.457. The van der Waals surface area contributed by atoms with E-state index in [0.717, 1.165) is 0 Å². The van der Waals surface area contributed by atoms with Crippen LogP contribution in [0.1, 0.15) is 6.42 Å². The number of nitrogens with one attached hydrogen (secondary N) is 1. The molecule has 0 saturated carbocycles. The first-order chi connectivity index (χ1) is 4.56. The van der Waals surface area contributed by atoms with Crippen molar-refractivity contribution in [2.75, 3.05) is 19.6 Å². The summed E-state index contributed by atoms with van der Waals surface area (Å²) in [6.45, 7) is -0.173. The number of hydrogen-bond acceptors (Lipinski definition) is 2. The highest BCUT2D eigenvalue weighted by molar-refractivity contribution is 5.85. The summed E-state index contributed by atoms with van der Waals surface area (Å²) < 4.78 is 34.2. The predicted octanol–water partition coefficient (Wildman–Crippen LogP) is 1.33. The molecule has 0 amide bonds. The third-order valence-electron chi connectivity index (χ3n) is 0.883. The standard InChI is InChI=1S/C5H11F3N2.2ClH/c6-5(7,8)4-10-3-1-2-9;;/h10H,1-4,9H2;2*1H. The molecule has 0 rings (SSSR count). The molecule has 0 unspecified atom stereocenters. The zero-order chi connectivity index (χ0) is 8.04. The molecule has 2 nitrogen and oxygen atoms in total. The average molecular weight is 229 g/mol. The first kappa shape index (κ1) is 18.2. The van der Waals surface area contributed by atoms with Gasteiger partial charge < -0.3 is 11.1 Å². The molecule has 0 atom stereocenters. The van der Waals surface area contributed by atoms with Crippen LogP contribution in [0.4, 0.5) is 13.2 Å². The van der Waals surface area contributed by atoms with E-state index >= 15 is 0 Å². The maximum Gasteiger partial charge on any atom is 0.401 e. The highest BCUT2D eigenvalue weighted by Crippen LogP contribution is 2.11. The minimum absolute atomic E-state index is 0.